The first kappa shape index (κ1) is 8.70. The SMILES string of the molecule is O=C(O)C1C=NCC(C(=O)O)C1. The van der Waals surface area contributed by atoms with E-state index in [0.717, 1.165) is 0 Å². The molecule has 0 aromatic heterocycles. The van der Waals surface area contributed by atoms with Gasteiger partial charge < -0.3 is 10.2 Å². The van der Waals surface area contributed by atoms with Gasteiger partial charge in [0, 0.05) is 6.21 Å². The van der Waals surface area contributed by atoms with Crippen LogP contribution in [0.25, 0.3) is 0 Å². The van der Waals surface area contributed by atoms with Gasteiger partial charge in [0.05, 0.1) is 18.4 Å². The summed E-state index contributed by atoms with van der Waals surface area (Å²) in [4.78, 5) is 24.6. The highest BCUT2D eigenvalue weighted by molar-refractivity contribution is 5.90. The molecule has 0 bridgehead atoms. The Bertz CT molecular complexity index is 236. The minimum absolute atomic E-state index is 0.147. The maximum Gasteiger partial charge on any atom is 0.311 e. The van der Waals surface area contributed by atoms with Crippen LogP contribution in [0.15, 0.2) is 4.99 Å². The number of carbonyl (C=O) groups is 2. The van der Waals surface area contributed by atoms with Gasteiger partial charge >= 0.3 is 11.9 Å². The average Bonchev–Trinajstić information content (AvgIpc) is 2.04. The molecule has 0 aliphatic carbocycles. The van der Waals surface area contributed by atoms with Crippen LogP contribution in [0.2, 0.25) is 0 Å². The first-order valence-corrected chi connectivity index (χ1v) is 3.57. The van der Waals surface area contributed by atoms with Gasteiger partial charge in [-0.05, 0) is 6.42 Å². The van der Waals surface area contributed by atoms with Crippen molar-refractivity contribution in [2.75, 3.05) is 6.54 Å². The van der Waals surface area contributed by atoms with E-state index in [9.17, 15) is 9.59 Å². The minimum Gasteiger partial charge on any atom is -0.481 e. The fourth-order valence-electron chi connectivity index (χ4n) is 1.10. The predicted molar refractivity (Wildman–Crippen MR) is 40.2 cm³/mol. The zero-order valence-corrected chi connectivity index (χ0v) is 6.30. The topological polar surface area (TPSA) is 87.0 Å². The van der Waals surface area contributed by atoms with E-state index < -0.39 is 23.8 Å². The number of aliphatic carboxylic acids is 2. The number of aliphatic imine (C=N–C) groups is 1. The molecular weight excluding hydrogens is 162 g/mol. The molecule has 1 aliphatic rings. The Morgan fingerprint density at radius 1 is 1.33 bits per heavy atom. The zero-order valence-electron chi connectivity index (χ0n) is 6.30. The number of carboxylic acids is 2. The van der Waals surface area contributed by atoms with Crippen molar-refractivity contribution in [2.45, 2.75) is 6.42 Å². The molecule has 0 aromatic rings. The Balaban J connectivity index is 2.63. The molecule has 1 aliphatic heterocycles. The lowest BCUT2D eigenvalue weighted by atomic mass is 9.93. The minimum atomic E-state index is -1.01. The molecular formula is C7H9NO4. The van der Waals surface area contributed by atoms with E-state index >= 15 is 0 Å². The van der Waals surface area contributed by atoms with Crippen molar-refractivity contribution in [2.24, 2.45) is 16.8 Å². The van der Waals surface area contributed by atoms with Crippen LogP contribution in [0.5, 0.6) is 0 Å². The Kier molecular flexibility index (Phi) is 2.42. The monoisotopic (exact) mass is 171 g/mol. The highest BCUT2D eigenvalue weighted by Gasteiger charge is 2.28. The van der Waals surface area contributed by atoms with Crippen LogP contribution in [0.3, 0.4) is 0 Å². The zero-order chi connectivity index (χ0) is 9.14. The van der Waals surface area contributed by atoms with Crippen molar-refractivity contribution in [1.82, 2.24) is 0 Å². The molecule has 5 heteroatoms. The molecule has 2 unspecified atom stereocenters. The molecule has 0 fully saturated rings. The second kappa shape index (κ2) is 3.34. The normalized spacial score (nSPS) is 28.3. The van der Waals surface area contributed by atoms with E-state index in [4.69, 9.17) is 10.2 Å². The first-order chi connectivity index (χ1) is 5.61. The Morgan fingerprint density at radius 3 is 2.50 bits per heavy atom. The number of carboxylic acid groups (broad SMARTS) is 2. The molecule has 66 valence electrons. The number of nitrogens with zero attached hydrogens (tertiary/aromatic N) is 1. The van der Waals surface area contributed by atoms with Crippen LogP contribution in [-0.4, -0.2) is 34.9 Å². The molecule has 12 heavy (non-hydrogen) atoms. The third-order valence-electron chi connectivity index (χ3n) is 1.82. The van der Waals surface area contributed by atoms with Gasteiger partial charge in [0.15, 0.2) is 0 Å². The van der Waals surface area contributed by atoms with Crippen molar-refractivity contribution in [3.8, 4) is 0 Å². The van der Waals surface area contributed by atoms with Crippen LogP contribution in [0, 0.1) is 11.8 Å². The highest BCUT2D eigenvalue weighted by Crippen LogP contribution is 2.16. The van der Waals surface area contributed by atoms with Crippen molar-refractivity contribution in [1.29, 1.82) is 0 Å². The molecule has 0 spiro atoms. The third kappa shape index (κ3) is 1.81. The largest absolute Gasteiger partial charge is 0.481 e. The fraction of sp³-hybridized carbons (Fsp3) is 0.571. The van der Waals surface area contributed by atoms with Crippen LogP contribution in [-0.2, 0) is 9.59 Å². The molecule has 0 saturated carbocycles. The van der Waals surface area contributed by atoms with E-state index in [1.807, 2.05) is 0 Å². The standard InChI is InChI=1S/C7H9NO4/c9-6(10)4-1-5(7(11)12)3-8-2-4/h2,4-5H,1,3H2,(H,9,10)(H,11,12). The van der Waals surface area contributed by atoms with Crippen molar-refractivity contribution in [3.05, 3.63) is 0 Å². The molecule has 2 N–H and O–H groups in total. The molecule has 5 nitrogen and oxygen atoms in total. The number of hydrogen-bond donors (Lipinski definition) is 2. The van der Waals surface area contributed by atoms with Gasteiger partial charge in [0.2, 0.25) is 0 Å². The predicted octanol–water partition coefficient (Wildman–Crippen LogP) is -0.138. The quantitative estimate of drug-likeness (QED) is 0.605. The first-order valence-electron chi connectivity index (χ1n) is 3.57. The molecule has 0 saturated heterocycles. The second-order valence-corrected chi connectivity index (χ2v) is 2.73. The van der Waals surface area contributed by atoms with Crippen molar-refractivity contribution < 1.29 is 19.8 Å². The fourth-order valence-corrected chi connectivity index (χ4v) is 1.10. The maximum atomic E-state index is 10.5. The third-order valence-corrected chi connectivity index (χ3v) is 1.82. The van der Waals surface area contributed by atoms with Crippen molar-refractivity contribution >= 4 is 18.2 Å². The summed E-state index contributed by atoms with van der Waals surface area (Å²) in [5.41, 5.74) is 0. The van der Waals surface area contributed by atoms with Crippen LogP contribution in [0.1, 0.15) is 6.42 Å². The van der Waals surface area contributed by atoms with Crippen LogP contribution >= 0.6 is 0 Å². The van der Waals surface area contributed by atoms with Crippen molar-refractivity contribution in [3.63, 3.8) is 0 Å². The summed E-state index contributed by atoms with van der Waals surface area (Å²) in [6.07, 6.45) is 1.45. The van der Waals surface area contributed by atoms with Gasteiger partial charge in [-0.25, -0.2) is 0 Å². The Morgan fingerprint density at radius 2 is 2.00 bits per heavy atom. The molecule has 0 radical (unpaired) electrons. The van der Waals surface area contributed by atoms with Gasteiger partial charge in [0.25, 0.3) is 0 Å². The summed E-state index contributed by atoms with van der Waals surface area (Å²) in [6, 6.07) is 0. The van der Waals surface area contributed by atoms with Crippen LogP contribution < -0.4 is 0 Å². The van der Waals surface area contributed by atoms with Gasteiger partial charge in [0.1, 0.15) is 0 Å². The molecule has 1 heterocycles. The van der Waals surface area contributed by atoms with Crippen LogP contribution in [0.4, 0.5) is 0 Å². The lowest BCUT2D eigenvalue weighted by Crippen LogP contribution is -2.29. The lowest BCUT2D eigenvalue weighted by Gasteiger charge is -2.17. The summed E-state index contributed by atoms with van der Waals surface area (Å²) in [7, 11) is 0. The average molecular weight is 171 g/mol. The molecule has 2 atom stereocenters. The summed E-state index contributed by atoms with van der Waals surface area (Å²) < 4.78 is 0. The molecule has 0 amide bonds. The lowest BCUT2D eigenvalue weighted by molar-refractivity contribution is -0.144. The van der Waals surface area contributed by atoms with Gasteiger partial charge in [-0.3, -0.25) is 14.6 Å². The smallest absolute Gasteiger partial charge is 0.311 e. The molecule has 0 aromatic carbocycles. The number of hydrogen-bond acceptors (Lipinski definition) is 3. The van der Waals surface area contributed by atoms with E-state index in [-0.39, 0.29) is 13.0 Å². The molecule has 1 rings (SSSR count). The number of rotatable bonds is 2. The summed E-state index contributed by atoms with van der Waals surface area (Å²) >= 11 is 0. The highest BCUT2D eigenvalue weighted by atomic mass is 16.4. The summed E-state index contributed by atoms with van der Waals surface area (Å²) in [5, 5.41) is 17.1. The van der Waals surface area contributed by atoms with Gasteiger partial charge in [-0.2, -0.15) is 0 Å². The summed E-state index contributed by atoms with van der Waals surface area (Å²) in [5.74, 6) is -3.36. The van der Waals surface area contributed by atoms with Gasteiger partial charge in [-0.1, -0.05) is 0 Å². The summed E-state index contributed by atoms with van der Waals surface area (Å²) in [6.45, 7) is 0.194. The van der Waals surface area contributed by atoms with E-state index in [1.54, 1.807) is 0 Å². The van der Waals surface area contributed by atoms with E-state index in [1.165, 1.54) is 6.21 Å². The second-order valence-electron chi connectivity index (χ2n) is 2.73. The maximum absolute atomic E-state index is 10.5. The van der Waals surface area contributed by atoms with Gasteiger partial charge in [-0.15, -0.1) is 0 Å². The van der Waals surface area contributed by atoms with E-state index in [0.29, 0.717) is 0 Å². The Labute approximate surface area is 68.7 Å². The Hall–Kier alpha value is -1.39. The van der Waals surface area contributed by atoms with E-state index in [2.05, 4.69) is 4.99 Å².